The highest BCUT2D eigenvalue weighted by Gasteiger charge is 2.46. The third kappa shape index (κ3) is 22.4. The topological polar surface area (TPSA) is 360 Å². The van der Waals surface area contributed by atoms with Crippen LogP contribution in [-0.4, -0.2) is 242 Å². The van der Waals surface area contributed by atoms with Crippen molar-refractivity contribution >= 4 is 86.8 Å². The number of alkyl halides is 5. The molecule has 12 heterocycles. The average molecular weight is 1800 g/mol. The summed E-state index contributed by atoms with van der Waals surface area (Å²) in [7, 11) is -12.4. The summed E-state index contributed by atoms with van der Waals surface area (Å²) in [5.41, 5.74) is 3.69. The zero-order valence-corrected chi connectivity index (χ0v) is 70.2. The number of anilines is 4. The maximum Gasteiger partial charge on any atom is 0.471 e. The van der Waals surface area contributed by atoms with Crippen LogP contribution in [0, 0.1) is 60.8 Å². The first-order chi connectivity index (χ1) is 58.5. The molecule has 0 saturated carbocycles. The van der Waals surface area contributed by atoms with E-state index in [9.17, 15) is 92.4 Å². The molecule has 43 heteroatoms. The maximum absolute atomic E-state index is 14.7. The van der Waals surface area contributed by atoms with Crippen LogP contribution in [0.25, 0.3) is 0 Å². The number of benzene rings is 4. The normalized spacial score (nSPS) is 22.1. The number of hydrogen-bond donors (Lipinski definition) is 0. The molecule has 0 radical (unpaired) electrons. The van der Waals surface area contributed by atoms with E-state index in [0.29, 0.717) is 82.4 Å². The lowest BCUT2D eigenvalue weighted by Crippen LogP contribution is -2.53. The third-order valence-corrected chi connectivity index (χ3v) is 30.1. The predicted molar refractivity (Wildman–Crippen MR) is 430 cm³/mol. The summed E-state index contributed by atoms with van der Waals surface area (Å²) in [6.07, 6.45) is 1.49. The van der Waals surface area contributed by atoms with Crippen LogP contribution in [0.3, 0.4) is 0 Å². The minimum absolute atomic E-state index is 0.0244. The van der Waals surface area contributed by atoms with Gasteiger partial charge in [-0.1, -0.05) is 66.7 Å². The molecule has 0 N–H and O–H groups in total. The Morgan fingerprint density at radius 2 is 0.667 bits per heavy atom. The van der Waals surface area contributed by atoms with Crippen molar-refractivity contribution in [2.24, 2.45) is 23.7 Å². The van der Waals surface area contributed by atoms with Crippen molar-refractivity contribution in [3.05, 3.63) is 190 Å². The first kappa shape index (κ1) is 90.3. The standard InChI is InChI=1S/2C21H25FN4O3S.C19H20F4N4O4S.C19H21F3N4O4S/c1-15-12-23-21(24-13-15)25-8-9-26(19(14-25)16-2-4-18(22)5-3-16)20(27)17-6-10-30(28,29)11-7-17;1-15-12-23-21(24-13-15)25-8-9-26(19(14-25)17-4-2-3-5-18(17)22)20(27)16-6-10-30(28,29)11-7-16;20-14-4-2-1-3-13(14)15-11-26(18-24-17(31-25-18)19(21,22)23)7-8-27(15)16(28)12-5-9-32(29,30)10-6-12;20-14-4-2-1-3-13(14)15-11-25(19-23-17(16(21)22)30-24-19)7-8-26(15)18(27)12-5-9-31(28,29)10-6-12/h2-5,12-13,17,19H,6-11,14H2,1H3;2-5,12-13,16,19H,6-11,14H2,1H3;1-4,12,15H,5-11H2;1-4,12,15-16H,5-11H2. The molecule has 8 aliphatic rings. The van der Waals surface area contributed by atoms with Gasteiger partial charge in [-0.3, -0.25) is 19.2 Å². The van der Waals surface area contributed by atoms with Crippen LogP contribution in [0.5, 0.6) is 0 Å². The van der Waals surface area contributed by atoms with Gasteiger partial charge in [0.15, 0.2) is 0 Å². The lowest BCUT2D eigenvalue weighted by atomic mass is 9.96. The van der Waals surface area contributed by atoms with Crippen LogP contribution in [0.15, 0.2) is 131 Å². The molecule has 4 unspecified atom stereocenters. The van der Waals surface area contributed by atoms with Crippen LogP contribution in [0.1, 0.15) is 127 Å². The molecule has 16 rings (SSSR count). The zero-order valence-electron chi connectivity index (χ0n) is 66.9. The molecule has 8 aromatic rings. The number of carbonyl (C=O) groups is 4. The predicted octanol–water partition coefficient (Wildman–Crippen LogP) is 9.08. The van der Waals surface area contributed by atoms with Gasteiger partial charge in [0.25, 0.3) is 17.8 Å². The summed E-state index contributed by atoms with van der Waals surface area (Å²) < 4.78 is 224. The molecule has 0 aliphatic carbocycles. The van der Waals surface area contributed by atoms with Gasteiger partial charge in [-0.2, -0.15) is 31.9 Å². The molecule has 8 fully saturated rings. The Morgan fingerprint density at radius 3 is 0.959 bits per heavy atom. The number of halogens is 9. The Morgan fingerprint density at radius 1 is 0.382 bits per heavy atom. The summed E-state index contributed by atoms with van der Waals surface area (Å²) in [4.78, 5) is 91.3. The Labute approximate surface area is 704 Å². The smallest absolute Gasteiger partial charge is 0.337 e. The van der Waals surface area contributed by atoms with Crippen molar-refractivity contribution in [1.29, 1.82) is 0 Å². The van der Waals surface area contributed by atoms with Crippen LogP contribution in [0.4, 0.5) is 63.3 Å². The van der Waals surface area contributed by atoms with Gasteiger partial charge < -0.3 is 48.2 Å². The Kier molecular flexibility index (Phi) is 28.2. The molecular formula is C80H91F9N16O14S4. The van der Waals surface area contributed by atoms with Crippen molar-refractivity contribution in [2.45, 2.75) is 102 Å². The fourth-order valence-electron chi connectivity index (χ4n) is 16.4. The summed E-state index contributed by atoms with van der Waals surface area (Å²) in [6.45, 7) is 7.33. The second-order valence-electron chi connectivity index (χ2n) is 31.5. The van der Waals surface area contributed by atoms with E-state index in [1.165, 1.54) is 58.3 Å². The van der Waals surface area contributed by atoms with E-state index in [4.69, 9.17) is 0 Å². The highest BCUT2D eigenvalue weighted by atomic mass is 32.2. The van der Waals surface area contributed by atoms with Gasteiger partial charge >= 0.3 is 18.5 Å². The van der Waals surface area contributed by atoms with Gasteiger partial charge in [0.05, 0.1) is 70.2 Å². The van der Waals surface area contributed by atoms with Crippen LogP contribution >= 0.6 is 0 Å². The van der Waals surface area contributed by atoms with Crippen LogP contribution < -0.4 is 19.6 Å². The van der Waals surface area contributed by atoms with E-state index in [1.807, 2.05) is 28.5 Å². The molecule has 4 amide bonds. The second kappa shape index (κ2) is 38.4. The van der Waals surface area contributed by atoms with Crippen molar-refractivity contribution < 1.29 is 101 Å². The first-order valence-electron chi connectivity index (χ1n) is 40.1. The van der Waals surface area contributed by atoms with Crippen molar-refractivity contribution in [3.8, 4) is 0 Å². The number of rotatable bonds is 13. The van der Waals surface area contributed by atoms with E-state index < -0.39 is 105 Å². The van der Waals surface area contributed by atoms with Crippen molar-refractivity contribution in [1.82, 2.24) is 59.8 Å². The first-order valence-corrected chi connectivity index (χ1v) is 47.4. The highest BCUT2D eigenvalue weighted by Crippen LogP contribution is 2.40. The number of amides is 4. The number of sulfone groups is 4. The molecule has 8 saturated heterocycles. The molecule has 4 aromatic carbocycles. The Balaban J connectivity index is 0.000000141. The lowest BCUT2D eigenvalue weighted by molar-refractivity contribution is -0.159. The number of piperazine rings is 4. The summed E-state index contributed by atoms with van der Waals surface area (Å²) in [5, 5.41) is 6.97. The maximum atomic E-state index is 14.7. The third-order valence-electron chi connectivity index (χ3n) is 23.3. The molecule has 30 nitrogen and oxygen atoms in total. The minimum atomic E-state index is -4.80. The van der Waals surface area contributed by atoms with Gasteiger partial charge in [0.1, 0.15) is 62.6 Å². The molecule has 4 atom stereocenters. The number of nitrogens with zero attached hydrogens (tertiary/aromatic N) is 16. The quantitative estimate of drug-likeness (QED) is 0.0971. The van der Waals surface area contributed by atoms with E-state index in [1.54, 1.807) is 88.0 Å². The Bertz CT molecular complexity index is 5500. The van der Waals surface area contributed by atoms with Gasteiger partial charge in [-0.05, 0) is 123 Å². The van der Waals surface area contributed by atoms with E-state index in [2.05, 4.69) is 49.3 Å². The molecule has 123 heavy (non-hydrogen) atoms. The fourth-order valence-corrected chi connectivity index (χ4v) is 22.4. The van der Waals surface area contributed by atoms with Crippen molar-refractivity contribution in [2.75, 3.05) is 144 Å². The lowest BCUT2D eigenvalue weighted by Gasteiger charge is -2.43. The van der Waals surface area contributed by atoms with E-state index in [0.717, 1.165) is 16.7 Å². The van der Waals surface area contributed by atoms with Crippen LogP contribution in [0.2, 0.25) is 0 Å². The van der Waals surface area contributed by atoms with Gasteiger partial charge in [-0.25, -0.2) is 71.2 Å². The molecular weight excluding hydrogens is 1710 g/mol. The van der Waals surface area contributed by atoms with Gasteiger partial charge in [-0.15, -0.1) is 0 Å². The Hall–Kier alpha value is -10.4. The van der Waals surface area contributed by atoms with Crippen LogP contribution in [-0.2, 0) is 64.7 Å². The summed E-state index contributed by atoms with van der Waals surface area (Å²) in [6, 6.07) is 22.2. The fraction of sp³-hybridized carbons (Fsp3) is 0.500. The zero-order chi connectivity index (χ0) is 87.9. The SMILES string of the molecule is Cc1cnc(N2CCN(C(=O)C3CCS(=O)(=O)CC3)C(c3ccc(F)cc3)C2)nc1.Cc1cnc(N2CCN(C(=O)C3CCS(=O)(=O)CC3)C(c3ccccc3F)C2)nc1.O=C(C1CCS(=O)(=O)CC1)N1CCN(c2noc(C(F)(F)F)n2)CC1c1ccccc1F.O=C(C1CCS(=O)(=O)CC1)N1CCN(c2noc(C(F)F)n2)CC1c1ccccc1F. The largest absolute Gasteiger partial charge is 0.471 e. The number of carbonyl (C=O) groups excluding carboxylic acids is 4. The summed E-state index contributed by atoms with van der Waals surface area (Å²) in [5.74, 6) is -5.58. The molecule has 0 bridgehead atoms. The molecule has 8 aliphatic heterocycles. The molecule has 0 spiro atoms. The molecule has 662 valence electrons. The number of aromatic nitrogens is 8. The second-order valence-corrected chi connectivity index (χ2v) is 40.8. The number of aryl methyl sites for hydroxylation is 2. The van der Waals surface area contributed by atoms with E-state index >= 15 is 0 Å². The average Bonchev–Trinajstić information content (AvgIpc) is 1.72. The van der Waals surface area contributed by atoms with E-state index in [-0.39, 0.29) is 187 Å². The minimum Gasteiger partial charge on any atom is -0.337 e. The monoisotopic (exact) mass is 1800 g/mol. The summed E-state index contributed by atoms with van der Waals surface area (Å²) >= 11 is 0. The molecule has 4 aromatic heterocycles. The van der Waals surface area contributed by atoms with Crippen molar-refractivity contribution in [3.63, 3.8) is 0 Å². The van der Waals surface area contributed by atoms with Gasteiger partial charge in [0, 0.05) is 144 Å². The number of hydrogen-bond acceptors (Lipinski definition) is 26. The highest BCUT2D eigenvalue weighted by molar-refractivity contribution is 7.92. The van der Waals surface area contributed by atoms with Gasteiger partial charge in [0.2, 0.25) is 35.5 Å².